The summed E-state index contributed by atoms with van der Waals surface area (Å²) in [7, 11) is 1.61. The maximum absolute atomic E-state index is 12.8. The van der Waals surface area contributed by atoms with Crippen molar-refractivity contribution >= 4 is 23.2 Å². The van der Waals surface area contributed by atoms with E-state index in [1.807, 2.05) is 36.1 Å². The third-order valence-electron chi connectivity index (χ3n) is 5.48. The van der Waals surface area contributed by atoms with Crippen LogP contribution >= 0.6 is 11.3 Å². The molecule has 1 saturated heterocycles. The van der Waals surface area contributed by atoms with Crippen molar-refractivity contribution in [2.75, 3.05) is 20.2 Å². The summed E-state index contributed by atoms with van der Waals surface area (Å²) in [5.41, 5.74) is 1.55. The number of hydrogen-bond donors (Lipinski definition) is 1. The number of aryl methyl sites for hydroxylation is 1. The summed E-state index contributed by atoms with van der Waals surface area (Å²) in [6.45, 7) is 3.05. The quantitative estimate of drug-likeness (QED) is 0.619. The minimum atomic E-state index is -0.138. The van der Waals surface area contributed by atoms with Crippen LogP contribution in [0.2, 0.25) is 0 Å². The molecule has 1 fully saturated rings. The lowest BCUT2D eigenvalue weighted by molar-refractivity contribution is -0.131. The van der Waals surface area contributed by atoms with Crippen LogP contribution in [0.25, 0.3) is 10.8 Å². The molecule has 0 atom stereocenters. The maximum Gasteiger partial charge on any atom is 0.263 e. The number of thiazole rings is 1. The van der Waals surface area contributed by atoms with Crippen molar-refractivity contribution in [3.05, 3.63) is 58.9 Å². The Kier molecular flexibility index (Phi) is 6.75. The topological polar surface area (TPSA) is 97.3 Å². The van der Waals surface area contributed by atoms with Gasteiger partial charge in [0.05, 0.1) is 19.2 Å². The highest BCUT2D eigenvalue weighted by Gasteiger charge is 2.26. The van der Waals surface area contributed by atoms with Gasteiger partial charge in [-0.25, -0.2) is 15.0 Å². The molecule has 0 radical (unpaired) electrons. The van der Waals surface area contributed by atoms with Crippen molar-refractivity contribution < 1.29 is 14.3 Å². The number of para-hydroxylation sites is 1. The van der Waals surface area contributed by atoms with E-state index in [1.54, 1.807) is 25.6 Å². The number of nitrogens with one attached hydrogen (secondary N) is 1. The van der Waals surface area contributed by atoms with Crippen LogP contribution in [0.5, 0.6) is 5.75 Å². The number of ether oxygens (including phenoxy) is 1. The van der Waals surface area contributed by atoms with Gasteiger partial charge in [0.15, 0.2) is 10.8 Å². The molecular weight excluding hydrogens is 426 g/mol. The number of methoxy groups -OCH3 is 1. The van der Waals surface area contributed by atoms with Crippen molar-refractivity contribution in [1.82, 2.24) is 25.2 Å². The average Bonchev–Trinajstić information content (AvgIpc) is 3.22. The van der Waals surface area contributed by atoms with Gasteiger partial charge in [-0.2, -0.15) is 0 Å². The van der Waals surface area contributed by atoms with E-state index in [9.17, 15) is 9.59 Å². The molecule has 3 heterocycles. The highest BCUT2D eigenvalue weighted by Crippen LogP contribution is 2.26. The molecule has 0 saturated carbocycles. The molecule has 0 aliphatic carbocycles. The van der Waals surface area contributed by atoms with Gasteiger partial charge in [0.2, 0.25) is 5.91 Å². The van der Waals surface area contributed by atoms with Gasteiger partial charge in [-0.1, -0.05) is 18.2 Å². The lowest BCUT2D eigenvalue weighted by Crippen LogP contribution is -2.47. The normalized spacial score (nSPS) is 14.2. The molecule has 2 aromatic heterocycles. The zero-order chi connectivity index (χ0) is 22.5. The van der Waals surface area contributed by atoms with Crippen molar-refractivity contribution in [2.45, 2.75) is 32.2 Å². The highest BCUT2D eigenvalue weighted by atomic mass is 32.1. The largest absolute Gasteiger partial charge is 0.496 e. The zero-order valence-electron chi connectivity index (χ0n) is 18.1. The number of rotatable bonds is 6. The summed E-state index contributed by atoms with van der Waals surface area (Å²) in [5, 5.41) is 3.73. The lowest BCUT2D eigenvalue weighted by Gasteiger charge is -2.32. The molecule has 32 heavy (non-hydrogen) atoms. The predicted molar refractivity (Wildman–Crippen MR) is 122 cm³/mol. The zero-order valence-corrected chi connectivity index (χ0v) is 18.9. The lowest BCUT2D eigenvalue weighted by atomic mass is 10.0. The molecule has 0 spiro atoms. The number of carbonyl (C=O) groups excluding carboxylic acids is 2. The molecule has 0 bridgehead atoms. The molecule has 8 nitrogen and oxygen atoms in total. The fourth-order valence-corrected chi connectivity index (χ4v) is 4.68. The van der Waals surface area contributed by atoms with Crippen LogP contribution in [0.15, 0.2) is 42.7 Å². The Balaban J connectivity index is 1.32. The standard InChI is InChI=1S/C23H25N5O3S/c1-15-20(32-23(26-15)21-24-10-5-11-25-21)22(30)27-17-8-12-28(13-9-17)19(29)14-16-6-3-4-7-18(16)31-2/h3-7,10-11,17H,8-9,12-14H2,1-2H3,(H,27,30). The molecule has 1 aliphatic heterocycles. The van der Waals surface area contributed by atoms with Crippen LogP contribution in [0, 0.1) is 6.92 Å². The predicted octanol–water partition coefficient (Wildman–Crippen LogP) is 2.88. The van der Waals surface area contributed by atoms with E-state index in [2.05, 4.69) is 20.3 Å². The van der Waals surface area contributed by atoms with Crippen molar-refractivity contribution in [3.8, 4) is 16.6 Å². The highest BCUT2D eigenvalue weighted by molar-refractivity contribution is 7.17. The molecule has 1 N–H and O–H groups in total. The van der Waals surface area contributed by atoms with Crippen LogP contribution in [0.4, 0.5) is 0 Å². The minimum absolute atomic E-state index is 0.0238. The van der Waals surface area contributed by atoms with Crippen LogP contribution in [-0.4, -0.2) is 57.9 Å². The number of carbonyl (C=O) groups is 2. The summed E-state index contributed by atoms with van der Waals surface area (Å²) in [5.74, 6) is 1.18. The summed E-state index contributed by atoms with van der Waals surface area (Å²) in [6, 6.07) is 9.34. The Hall–Kier alpha value is -3.33. The maximum atomic E-state index is 12.8. The molecule has 1 aliphatic rings. The summed E-state index contributed by atoms with van der Waals surface area (Å²) in [4.78, 5) is 40.9. The second-order valence-electron chi connectivity index (χ2n) is 7.62. The Labute approximate surface area is 190 Å². The number of benzene rings is 1. The van der Waals surface area contributed by atoms with Gasteiger partial charge in [0.1, 0.15) is 10.6 Å². The Bertz CT molecular complexity index is 1090. The smallest absolute Gasteiger partial charge is 0.263 e. The molecular formula is C23H25N5O3S. The monoisotopic (exact) mass is 451 g/mol. The fourth-order valence-electron chi connectivity index (χ4n) is 3.76. The van der Waals surface area contributed by atoms with E-state index >= 15 is 0 Å². The van der Waals surface area contributed by atoms with Crippen LogP contribution in [-0.2, 0) is 11.2 Å². The number of likely N-dealkylation sites (tertiary alicyclic amines) is 1. The fraction of sp³-hybridized carbons (Fsp3) is 0.348. The molecule has 2 amide bonds. The first-order valence-corrected chi connectivity index (χ1v) is 11.3. The average molecular weight is 452 g/mol. The number of piperidine rings is 1. The van der Waals surface area contributed by atoms with E-state index in [1.165, 1.54) is 11.3 Å². The summed E-state index contributed by atoms with van der Waals surface area (Å²) < 4.78 is 5.35. The number of aromatic nitrogens is 3. The van der Waals surface area contributed by atoms with E-state index in [-0.39, 0.29) is 17.9 Å². The number of nitrogens with zero attached hydrogens (tertiary/aromatic N) is 4. The van der Waals surface area contributed by atoms with E-state index < -0.39 is 0 Å². The molecule has 1 aromatic carbocycles. The summed E-state index contributed by atoms with van der Waals surface area (Å²) in [6.07, 6.45) is 5.06. The first-order valence-electron chi connectivity index (χ1n) is 10.5. The van der Waals surface area contributed by atoms with Crippen molar-refractivity contribution in [1.29, 1.82) is 0 Å². The SMILES string of the molecule is COc1ccccc1CC(=O)N1CCC(NC(=O)c2sc(-c3ncccn3)nc2C)CC1. The van der Waals surface area contributed by atoms with Gasteiger partial charge >= 0.3 is 0 Å². The van der Waals surface area contributed by atoms with E-state index in [0.717, 1.165) is 24.2 Å². The Morgan fingerprint density at radius 2 is 1.88 bits per heavy atom. The summed E-state index contributed by atoms with van der Waals surface area (Å²) >= 11 is 1.29. The Morgan fingerprint density at radius 1 is 1.16 bits per heavy atom. The first-order chi connectivity index (χ1) is 15.5. The van der Waals surface area contributed by atoms with Gasteiger partial charge in [0, 0.05) is 37.1 Å². The van der Waals surface area contributed by atoms with Crippen molar-refractivity contribution in [3.63, 3.8) is 0 Å². The van der Waals surface area contributed by atoms with Gasteiger partial charge in [0.25, 0.3) is 5.91 Å². The number of amides is 2. The van der Waals surface area contributed by atoms with E-state index in [0.29, 0.717) is 40.9 Å². The Morgan fingerprint density at radius 3 is 2.59 bits per heavy atom. The second-order valence-corrected chi connectivity index (χ2v) is 8.62. The third-order valence-corrected chi connectivity index (χ3v) is 6.63. The first kappa shape index (κ1) is 21.9. The van der Waals surface area contributed by atoms with Crippen LogP contribution in [0.1, 0.15) is 33.8 Å². The van der Waals surface area contributed by atoms with Gasteiger partial charge in [-0.15, -0.1) is 11.3 Å². The molecule has 0 unspecified atom stereocenters. The van der Waals surface area contributed by atoms with Crippen LogP contribution < -0.4 is 10.1 Å². The van der Waals surface area contributed by atoms with E-state index in [4.69, 9.17) is 4.74 Å². The minimum Gasteiger partial charge on any atom is -0.496 e. The van der Waals surface area contributed by atoms with Crippen molar-refractivity contribution in [2.24, 2.45) is 0 Å². The number of hydrogen-bond acceptors (Lipinski definition) is 7. The van der Waals surface area contributed by atoms with Crippen LogP contribution in [0.3, 0.4) is 0 Å². The van der Waals surface area contributed by atoms with Gasteiger partial charge < -0.3 is 15.0 Å². The molecule has 166 valence electrons. The van der Waals surface area contributed by atoms with Gasteiger partial charge in [-0.3, -0.25) is 9.59 Å². The molecule has 9 heteroatoms. The third kappa shape index (κ3) is 4.94. The molecule has 4 rings (SSSR count). The van der Waals surface area contributed by atoms with Gasteiger partial charge in [-0.05, 0) is 31.9 Å². The molecule has 3 aromatic rings. The second kappa shape index (κ2) is 9.86.